The van der Waals surface area contributed by atoms with E-state index in [9.17, 15) is 13.2 Å². The molecule has 0 aliphatic carbocycles. The van der Waals surface area contributed by atoms with E-state index in [0.29, 0.717) is 23.8 Å². The number of sulfonamides is 1. The van der Waals surface area contributed by atoms with Gasteiger partial charge in [0.1, 0.15) is 0 Å². The van der Waals surface area contributed by atoms with Gasteiger partial charge in [0.15, 0.2) is 5.13 Å². The van der Waals surface area contributed by atoms with Crippen LogP contribution in [-0.2, 0) is 14.8 Å². The molecule has 9 nitrogen and oxygen atoms in total. The third kappa shape index (κ3) is 4.78. The highest BCUT2D eigenvalue weighted by molar-refractivity contribution is 7.99. The second kappa shape index (κ2) is 9.21. The van der Waals surface area contributed by atoms with Crippen LogP contribution in [0.5, 0.6) is 0 Å². The molecule has 0 spiro atoms. The molecule has 12 heteroatoms. The zero-order valence-electron chi connectivity index (χ0n) is 17.3. The largest absolute Gasteiger partial charge is 0.411 e. The Kier molecular flexibility index (Phi) is 6.15. The normalized spacial score (nSPS) is 14.7. The van der Waals surface area contributed by atoms with Crippen LogP contribution >= 0.6 is 23.1 Å². The summed E-state index contributed by atoms with van der Waals surface area (Å²) >= 11 is 2.53. The molecule has 0 atom stereocenters. The number of fused-ring (bicyclic) bond motifs is 1. The number of nitrogens with one attached hydrogen (secondary N) is 1. The molecule has 1 N–H and O–H groups in total. The predicted octanol–water partition coefficient (Wildman–Crippen LogP) is 3.86. The van der Waals surface area contributed by atoms with Crippen molar-refractivity contribution in [1.29, 1.82) is 0 Å². The number of hydrogen-bond acceptors (Lipinski definition) is 9. The molecule has 0 radical (unpaired) electrons. The lowest BCUT2D eigenvalue weighted by Gasteiger charge is -2.15. The SMILES string of the molecule is O=C(CSc1nnc(-c2ccc(S(=O)(=O)N3CCCC3)cc2)o1)Nc1nc2ccccc2s1. The summed E-state index contributed by atoms with van der Waals surface area (Å²) in [5.41, 5.74) is 1.44. The summed E-state index contributed by atoms with van der Waals surface area (Å²) in [4.78, 5) is 16.9. The van der Waals surface area contributed by atoms with Crippen LogP contribution < -0.4 is 5.32 Å². The summed E-state index contributed by atoms with van der Waals surface area (Å²) in [5.74, 6) is 0.120. The van der Waals surface area contributed by atoms with E-state index in [1.54, 1.807) is 24.3 Å². The predicted molar refractivity (Wildman–Crippen MR) is 127 cm³/mol. The maximum absolute atomic E-state index is 12.6. The molecule has 1 saturated heterocycles. The minimum Gasteiger partial charge on any atom is -0.411 e. The zero-order valence-corrected chi connectivity index (χ0v) is 19.8. The number of amides is 1. The van der Waals surface area contributed by atoms with Gasteiger partial charge in [0.2, 0.25) is 21.8 Å². The first kappa shape index (κ1) is 22.0. The highest BCUT2D eigenvalue weighted by Gasteiger charge is 2.27. The quantitative estimate of drug-likeness (QED) is 0.379. The number of thiazole rings is 1. The highest BCUT2D eigenvalue weighted by Crippen LogP contribution is 2.28. The number of carbonyl (C=O) groups excluding carboxylic acids is 1. The molecule has 3 heterocycles. The molecular weight excluding hydrogens is 482 g/mol. The fourth-order valence-electron chi connectivity index (χ4n) is 3.44. The molecule has 1 aliphatic rings. The lowest BCUT2D eigenvalue weighted by Crippen LogP contribution is -2.27. The number of nitrogens with zero attached hydrogens (tertiary/aromatic N) is 4. The Balaban J connectivity index is 1.19. The Morgan fingerprint density at radius 3 is 2.61 bits per heavy atom. The Hall–Kier alpha value is -2.80. The average Bonchev–Trinajstić information content (AvgIpc) is 3.58. The second-order valence-electron chi connectivity index (χ2n) is 7.33. The summed E-state index contributed by atoms with van der Waals surface area (Å²) < 4.78 is 33.4. The van der Waals surface area contributed by atoms with Gasteiger partial charge in [-0.25, -0.2) is 13.4 Å². The smallest absolute Gasteiger partial charge is 0.277 e. The van der Waals surface area contributed by atoms with Gasteiger partial charge in [0.05, 0.1) is 20.9 Å². The first-order chi connectivity index (χ1) is 16.0. The molecule has 0 unspecified atom stereocenters. The van der Waals surface area contributed by atoms with Gasteiger partial charge in [-0.15, -0.1) is 10.2 Å². The molecule has 1 amide bonds. The molecule has 0 saturated carbocycles. The number of thioether (sulfide) groups is 1. The van der Waals surface area contributed by atoms with Crippen molar-refractivity contribution < 1.29 is 17.6 Å². The Morgan fingerprint density at radius 2 is 1.85 bits per heavy atom. The molecule has 0 bridgehead atoms. The molecular formula is C21H19N5O4S3. The summed E-state index contributed by atoms with van der Waals surface area (Å²) in [7, 11) is -3.47. The number of hydrogen-bond donors (Lipinski definition) is 1. The van der Waals surface area contributed by atoms with Gasteiger partial charge in [0.25, 0.3) is 5.22 Å². The van der Waals surface area contributed by atoms with Crippen LogP contribution in [0.25, 0.3) is 21.7 Å². The lowest BCUT2D eigenvalue weighted by atomic mass is 10.2. The summed E-state index contributed by atoms with van der Waals surface area (Å²) in [5, 5.41) is 11.5. The van der Waals surface area contributed by atoms with E-state index in [2.05, 4.69) is 20.5 Å². The van der Waals surface area contributed by atoms with Crippen LogP contribution in [-0.4, -0.2) is 52.7 Å². The third-order valence-electron chi connectivity index (χ3n) is 5.08. The first-order valence-corrected chi connectivity index (χ1v) is 13.5. The van der Waals surface area contributed by atoms with E-state index >= 15 is 0 Å². The van der Waals surface area contributed by atoms with Gasteiger partial charge in [-0.2, -0.15) is 4.31 Å². The number of rotatable bonds is 7. The van der Waals surface area contributed by atoms with Gasteiger partial charge in [-0.3, -0.25) is 4.79 Å². The van der Waals surface area contributed by atoms with Crippen molar-refractivity contribution in [2.45, 2.75) is 23.0 Å². The Labute approximate surface area is 198 Å². The van der Waals surface area contributed by atoms with E-state index < -0.39 is 10.0 Å². The Morgan fingerprint density at radius 1 is 1.09 bits per heavy atom. The van der Waals surface area contributed by atoms with E-state index in [1.807, 2.05) is 24.3 Å². The van der Waals surface area contributed by atoms with Crippen molar-refractivity contribution >= 4 is 54.4 Å². The van der Waals surface area contributed by atoms with E-state index in [4.69, 9.17) is 4.42 Å². The standard InChI is InChI=1S/C21H19N5O4S3/c27-18(23-20-22-16-5-1-2-6-17(16)32-20)13-31-21-25-24-19(30-21)14-7-9-15(10-8-14)33(28,29)26-11-3-4-12-26/h1-2,5-10H,3-4,11-13H2,(H,22,23,27). The first-order valence-electron chi connectivity index (χ1n) is 10.2. The minimum absolute atomic E-state index is 0.0879. The van der Waals surface area contributed by atoms with Crippen molar-refractivity contribution in [1.82, 2.24) is 19.5 Å². The monoisotopic (exact) mass is 501 g/mol. The van der Waals surface area contributed by atoms with Crippen LogP contribution in [0.1, 0.15) is 12.8 Å². The number of para-hydroxylation sites is 1. The van der Waals surface area contributed by atoms with Crippen molar-refractivity contribution in [3.63, 3.8) is 0 Å². The summed E-state index contributed by atoms with van der Waals surface area (Å²) in [6.07, 6.45) is 1.77. The second-order valence-corrected chi connectivity index (χ2v) is 11.2. The molecule has 170 valence electrons. The van der Waals surface area contributed by atoms with Crippen LogP contribution in [0.4, 0.5) is 5.13 Å². The van der Waals surface area contributed by atoms with E-state index in [-0.39, 0.29) is 27.7 Å². The van der Waals surface area contributed by atoms with Gasteiger partial charge in [-0.05, 0) is 49.2 Å². The fourth-order valence-corrected chi connectivity index (χ4v) is 6.40. The molecule has 2 aromatic heterocycles. The van der Waals surface area contributed by atoms with Gasteiger partial charge >= 0.3 is 0 Å². The van der Waals surface area contributed by atoms with Crippen LogP contribution in [0, 0.1) is 0 Å². The molecule has 2 aromatic carbocycles. The van der Waals surface area contributed by atoms with Crippen molar-refractivity contribution in [2.24, 2.45) is 0 Å². The Bertz CT molecular complexity index is 1360. The lowest BCUT2D eigenvalue weighted by molar-refractivity contribution is -0.113. The van der Waals surface area contributed by atoms with Crippen LogP contribution in [0.15, 0.2) is 63.1 Å². The summed E-state index contributed by atoms with van der Waals surface area (Å²) in [6, 6.07) is 14.1. The number of anilines is 1. The number of aromatic nitrogens is 3. The van der Waals surface area contributed by atoms with Gasteiger partial charge in [0, 0.05) is 18.7 Å². The molecule has 33 heavy (non-hydrogen) atoms. The van der Waals surface area contributed by atoms with Crippen LogP contribution in [0.3, 0.4) is 0 Å². The van der Waals surface area contributed by atoms with Crippen molar-refractivity contribution in [3.05, 3.63) is 48.5 Å². The molecule has 1 fully saturated rings. The minimum atomic E-state index is -3.47. The maximum Gasteiger partial charge on any atom is 0.277 e. The fraction of sp³-hybridized carbons (Fsp3) is 0.238. The van der Waals surface area contributed by atoms with Gasteiger partial charge in [-0.1, -0.05) is 35.2 Å². The number of benzene rings is 2. The molecule has 4 aromatic rings. The molecule has 1 aliphatic heterocycles. The van der Waals surface area contributed by atoms with Crippen molar-refractivity contribution in [2.75, 3.05) is 24.2 Å². The van der Waals surface area contributed by atoms with E-state index in [1.165, 1.54) is 15.6 Å². The summed E-state index contributed by atoms with van der Waals surface area (Å²) in [6.45, 7) is 1.11. The van der Waals surface area contributed by atoms with E-state index in [0.717, 1.165) is 34.8 Å². The average molecular weight is 502 g/mol. The molecule has 5 rings (SSSR count). The zero-order chi connectivity index (χ0) is 22.8. The topological polar surface area (TPSA) is 118 Å². The van der Waals surface area contributed by atoms with Crippen molar-refractivity contribution in [3.8, 4) is 11.5 Å². The highest BCUT2D eigenvalue weighted by atomic mass is 32.2. The van der Waals surface area contributed by atoms with Crippen LogP contribution in [0.2, 0.25) is 0 Å². The third-order valence-corrected chi connectivity index (χ3v) is 8.76. The van der Waals surface area contributed by atoms with Gasteiger partial charge < -0.3 is 9.73 Å². The number of carbonyl (C=O) groups is 1. The maximum atomic E-state index is 12.6.